The highest BCUT2D eigenvalue weighted by Gasteiger charge is 2.20. The number of esters is 1. The van der Waals surface area contributed by atoms with Crippen molar-refractivity contribution >= 4 is 34.9 Å². The van der Waals surface area contributed by atoms with E-state index >= 15 is 0 Å². The number of ether oxygens (including phenoxy) is 1. The van der Waals surface area contributed by atoms with Crippen molar-refractivity contribution < 1.29 is 9.53 Å². The predicted octanol–water partition coefficient (Wildman–Crippen LogP) is 2.61. The topological polar surface area (TPSA) is 79.4 Å². The van der Waals surface area contributed by atoms with Crippen molar-refractivity contribution in [3.63, 3.8) is 0 Å². The Balaban J connectivity index is 1.56. The number of nitrogens with zero attached hydrogens (tertiary/aromatic N) is 3. The highest BCUT2D eigenvalue weighted by atomic mass is 35.5. The molecule has 0 saturated carbocycles. The number of carbonyl (C=O) groups excluding carboxylic acids is 1. The Morgan fingerprint density at radius 3 is 2.85 bits per heavy atom. The van der Waals surface area contributed by atoms with Crippen molar-refractivity contribution in [2.24, 2.45) is 0 Å². The maximum Gasteiger partial charge on any atom is 0.319 e. The van der Waals surface area contributed by atoms with Gasteiger partial charge in [0.15, 0.2) is 0 Å². The molecule has 0 amide bonds. The minimum atomic E-state index is -0.236. The summed E-state index contributed by atoms with van der Waals surface area (Å²) in [5.41, 5.74) is 0.882. The molecule has 7 nitrogen and oxygen atoms in total. The van der Waals surface area contributed by atoms with Gasteiger partial charge in [0.05, 0.1) is 13.7 Å². The van der Waals surface area contributed by atoms with Crippen molar-refractivity contribution in [1.29, 1.82) is 0 Å². The summed E-state index contributed by atoms with van der Waals surface area (Å²) in [7, 11) is 1.40. The van der Waals surface area contributed by atoms with Gasteiger partial charge in [0, 0.05) is 35.9 Å². The van der Waals surface area contributed by atoms with Crippen molar-refractivity contribution in [2.75, 3.05) is 37.0 Å². The van der Waals surface area contributed by atoms with Crippen LogP contribution in [0.1, 0.15) is 12.8 Å². The van der Waals surface area contributed by atoms with Gasteiger partial charge in [0.1, 0.15) is 18.0 Å². The lowest BCUT2D eigenvalue weighted by molar-refractivity contribution is -0.139. The number of halogens is 1. The van der Waals surface area contributed by atoms with E-state index in [2.05, 4.69) is 30.2 Å². The maximum atomic E-state index is 11.2. The summed E-state index contributed by atoms with van der Waals surface area (Å²) in [4.78, 5) is 22.1. The van der Waals surface area contributed by atoms with E-state index in [0.29, 0.717) is 11.1 Å². The van der Waals surface area contributed by atoms with E-state index in [0.717, 1.165) is 43.3 Å². The third kappa shape index (κ3) is 5.06. The van der Waals surface area contributed by atoms with Crippen LogP contribution in [0.4, 0.5) is 17.3 Å². The van der Waals surface area contributed by atoms with Crippen LogP contribution in [0.25, 0.3) is 0 Å². The molecular formula is C18H22ClN5O2. The molecule has 0 radical (unpaired) electrons. The Labute approximate surface area is 157 Å². The molecule has 3 rings (SSSR count). The quantitative estimate of drug-likeness (QED) is 0.751. The smallest absolute Gasteiger partial charge is 0.319 e. The fourth-order valence-electron chi connectivity index (χ4n) is 2.92. The molecule has 26 heavy (non-hydrogen) atoms. The number of hydrogen-bond acceptors (Lipinski definition) is 7. The molecule has 0 unspecified atom stereocenters. The third-order valence-corrected chi connectivity index (χ3v) is 4.57. The highest BCUT2D eigenvalue weighted by Crippen LogP contribution is 2.23. The summed E-state index contributed by atoms with van der Waals surface area (Å²) in [6.07, 6.45) is 3.44. The number of rotatable bonds is 6. The number of benzene rings is 1. The van der Waals surface area contributed by atoms with Gasteiger partial charge in [-0.3, -0.25) is 4.79 Å². The molecule has 0 bridgehead atoms. The van der Waals surface area contributed by atoms with Crippen LogP contribution in [0, 0.1) is 0 Å². The second-order valence-electron chi connectivity index (χ2n) is 6.12. The molecule has 1 saturated heterocycles. The average molecular weight is 376 g/mol. The van der Waals surface area contributed by atoms with Crippen LogP contribution in [-0.4, -0.2) is 48.7 Å². The number of hydrogen-bond donors (Lipinski definition) is 2. The Morgan fingerprint density at radius 1 is 1.31 bits per heavy atom. The zero-order valence-corrected chi connectivity index (χ0v) is 15.4. The van der Waals surface area contributed by atoms with Crippen molar-refractivity contribution in [2.45, 2.75) is 18.9 Å². The summed E-state index contributed by atoms with van der Waals surface area (Å²) in [6, 6.07) is 9.75. The lowest BCUT2D eigenvalue weighted by atomic mass is 10.1. The van der Waals surface area contributed by atoms with Gasteiger partial charge in [0.25, 0.3) is 0 Å². The zero-order valence-electron chi connectivity index (χ0n) is 14.6. The SMILES string of the molecule is COC(=O)CNC1CCN(c2cc(Nc3cccc(Cl)c3)ncn2)CC1. The van der Waals surface area contributed by atoms with E-state index in [1.54, 1.807) is 6.33 Å². The Morgan fingerprint density at radius 2 is 2.12 bits per heavy atom. The summed E-state index contributed by atoms with van der Waals surface area (Å²) in [5.74, 6) is 1.37. The molecule has 138 valence electrons. The number of aromatic nitrogens is 2. The fourth-order valence-corrected chi connectivity index (χ4v) is 3.11. The molecule has 1 aliphatic rings. The van der Waals surface area contributed by atoms with Gasteiger partial charge in [0.2, 0.25) is 0 Å². The molecule has 0 spiro atoms. The second kappa shape index (κ2) is 8.82. The summed E-state index contributed by atoms with van der Waals surface area (Å²) in [6.45, 7) is 1.99. The molecule has 2 N–H and O–H groups in total. The monoisotopic (exact) mass is 375 g/mol. The van der Waals surface area contributed by atoms with Gasteiger partial charge < -0.3 is 20.3 Å². The van der Waals surface area contributed by atoms with Gasteiger partial charge in [-0.2, -0.15) is 0 Å². The lowest BCUT2D eigenvalue weighted by Crippen LogP contribution is -2.44. The summed E-state index contributed by atoms with van der Waals surface area (Å²) in [5, 5.41) is 7.15. The normalized spacial score (nSPS) is 14.9. The summed E-state index contributed by atoms with van der Waals surface area (Å²) < 4.78 is 4.66. The number of nitrogens with one attached hydrogen (secondary N) is 2. The molecule has 0 aliphatic carbocycles. The van der Waals surface area contributed by atoms with Crippen LogP contribution in [0.15, 0.2) is 36.7 Å². The van der Waals surface area contributed by atoms with Crippen LogP contribution in [-0.2, 0) is 9.53 Å². The molecule has 1 fully saturated rings. The minimum absolute atomic E-state index is 0.236. The number of piperidine rings is 1. The molecule has 1 aliphatic heterocycles. The summed E-state index contributed by atoms with van der Waals surface area (Å²) >= 11 is 6.02. The van der Waals surface area contributed by atoms with Crippen LogP contribution in [0.3, 0.4) is 0 Å². The van der Waals surface area contributed by atoms with Gasteiger partial charge >= 0.3 is 5.97 Å². The van der Waals surface area contributed by atoms with Crippen molar-refractivity contribution in [3.8, 4) is 0 Å². The van der Waals surface area contributed by atoms with E-state index < -0.39 is 0 Å². The molecule has 1 aromatic heterocycles. The van der Waals surface area contributed by atoms with Gasteiger partial charge in [-0.15, -0.1) is 0 Å². The molecule has 2 aromatic rings. The lowest BCUT2D eigenvalue weighted by Gasteiger charge is -2.33. The zero-order chi connectivity index (χ0) is 18.4. The van der Waals surface area contributed by atoms with E-state index in [1.807, 2.05) is 30.3 Å². The van der Waals surface area contributed by atoms with Crippen LogP contribution in [0.5, 0.6) is 0 Å². The van der Waals surface area contributed by atoms with E-state index in [4.69, 9.17) is 11.6 Å². The fraction of sp³-hybridized carbons (Fsp3) is 0.389. The van der Waals surface area contributed by atoms with Gasteiger partial charge in [-0.05, 0) is 31.0 Å². The molecular weight excluding hydrogens is 354 g/mol. The molecule has 1 aromatic carbocycles. The first kappa shape index (κ1) is 18.4. The van der Waals surface area contributed by atoms with E-state index in [1.165, 1.54) is 7.11 Å². The van der Waals surface area contributed by atoms with Crippen LogP contribution >= 0.6 is 11.6 Å². The Bertz CT molecular complexity index is 750. The Hall–Kier alpha value is -2.38. The van der Waals surface area contributed by atoms with Crippen LogP contribution in [0.2, 0.25) is 5.02 Å². The molecule has 8 heteroatoms. The van der Waals surface area contributed by atoms with E-state index in [9.17, 15) is 4.79 Å². The van der Waals surface area contributed by atoms with E-state index in [-0.39, 0.29) is 12.5 Å². The number of carbonyl (C=O) groups is 1. The van der Waals surface area contributed by atoms with Gasteiger partial charge in [-0.1, -0.05) is 17.7 Å². The third-order valence-electron chi connectivity index (χ3n) is 4.33. The molecule has 2 heterocycles. The first-order valence-corrected chi connectivity index (χ1v) is 8.91. The van der Waals surface area contributed by atoms with Crippen molar-refractivity contribution in [3.05, 3.63) is 41.7 Å². The number of methoxy groups -OCH3 is 1. The van der Waals surface area contributed by atoms with Crippen LogP contribution < -0.4 is 15.5 Å². The first-order valence-electron chi connectivity index (χ1n) is 8.54. The molecule has 0 atom stereocenters. The van der Waals surface area contributed by atoms with Crippen molar-refractivity contribution in [1.82, 2.24) is 15.3 Å². The minimum Gasteiger partial charge on any atom is -0.468 e. The standard InChI is InChI=1S/C18H22ClN5O2/c1-26-18(25)11-20-14-5-7-24(8-6-14)17-10-16(21-12-22-17)23-15-4-2-3-13(19)9-15/h2-4,9-10,12,14,20H,5-8,11H2,1H3,(H,21,22,23). The second-order valence-corrected chi connectivity index (χ2v) is 6.55. The maximum absolute atomic E-state index is 11.2. The number of anilines is 3. The highest BCUT2D eigenvalue weighted by molar-refractivity contribution is 6.30. The predicted molar refractivity (Wildman–Crippen MR) is 102 cm³/mol. The average Bonchev–Trinajstić information content (AvgIpc) is 2.67. The van der Waals surface area contributed by atoms with Gasteiger partial charge in [-0.25, -0.2) is 9.97 Å². The Kier molecular flexibility index (Phi) is 6.25. The first-order chi connectivity index (χ1) is 12.6. The largest absolute Gasteiger partial charge is 0.468 e.